The van der Waals surface area contributed by atoms with Crippen molar-refractivity contribution >= 4 is 24.8 Å². The Bertz CT molecular complexity index is 447. The average molecular weight is 359 g/mol. The van der Waals surface area contributed by atoms with Crippen LogP contribution in [0.2, 0.25) is 0 Å². The fraction of sp³-hybridized carbons (Fsp3) is 0.571. The van der Waals surface area contributed by atoms with Gasteiger partial charge < -0.3 is 15.2 Å². The van der Waals surface area contributed by atoms with E-state index < -0.39 is 12.5 Å². The molecule has 0 unspecified atom stereocenters. The maximum Gasteiger partial charge on any atom is 0.258 e. The zero-order chi connectivity index (χ0) is 14.5. The number of benzene rings is 1. The van der Waals surface area contributed by atoms with Crippen LogP contribution >= 0.6 is 24.8 Å². The van der Waals surface area contributed by atoms with Crippen molar-refractivity contribution in [2.24, 2.45) is 0 Å². The number of nitrogens with zero attached hydrogens (tertiary/aromatic N) is 1. The van der Waals surface area contributed by atoms with E-state index in [0.717, 1.165) is 0 Å². The molecule has 22 heavy (non-hydrogen) atoms. The summed E-state index contributed by atoms with van der Waals surface area (Å²) in [5.74, 6) is 0.0731. The molecule has 1 aliphatic heterocycles. The zero-order valence-electron chi connectivity index (χ0n) is 12.3. The number of para-hydroxylation sites is 1. The molecule has 0 amide bonds. The van der Waals surface area contributed by atoms with Gasteiger partial charge in [-0.1, -0.05) is 12.1 Å². The summed E-state index contributed by atoms with van der Waals surface area (Å²) in [4.78, 5) is 1.70. The Morgan fingerprint density at radius 1 is 1.27 bits per heavy atom. The molecule has 1 heterocycles. The third-order valence-corrected chi connectivity index (χ3v) is 3.43. The van der Waals surface area contributed by atoms with Crippen LogP contribution in [-0.4, -0.2) is 49.2 Å². The van der Waals surface area contributed by atoms with Gasteiger partial charge in [0.1, 0.15) is 6.04 Å². The predicted octanol–water partition coefficient (Wildman–Crippen LogP) is 2.85. The van der Waals surface area contributed by atoms with Crippen LogP contribution in [0, 0.1) is 0 Å². The lowest BCUT2D eigenvalue weighted by molar-refractivity contribution is 0.0168. The van der Waals surface area contributed by atoms with Gasteiger partial charge in [0, 0.05) is 31.7 Å². The number of piperazine rings is 1. The number of rotatable bonds is 5. The lowest BCUT2D eigenvalue weighted by atomic mass is 10.0. The summed E-state index contributed by atoms with van der Waals surface area (Å²) in [5.41, 5.74) is 0.229. The van der Waals surface area contributed by atoms with Crippen LogP contribution in [0.3, 0.4) is 0 Å². The second kappa shape index (κ2) is 10.0. The summed E-state index contributed by atoms with van der Waals surface area (Å²) in [6, 6.07) is 3.66. The average Bonchev–Trinajstić information content (AvgIpc) is 2.44. The van der Waals surface area contributed by atoms with Crippen LogP contribution in [0.5, 0.6) is 11.5 Å². The van der Waals surface area contributed by atoms with Crippen molar-refractivity contribution in [3.63, 3.8) is 0 Å². The number of ether oxygens (including phenoxy) is 1. The Balaban J connectivity index is 0.00000220. The van der Waals surface area contributed by atoms with Crippen molar-refractivity contribution in [3.8, 4) is 11.5 Å². The van der Waals surface area contributed by atoms with Gasteiger partial charge in [-0.25, -0.2) is 8.78 Å². The molecule has 0 aromatic heterocycles. The predicted molar refractivity (Wildman–Crippen MR) is 87.0 cm³/mol. The van der Waals surface area contributed by atoms with E-state index in [-0.39, 0.29) is 41.9 Å². The number of phenols is 1. The molecule has 0 bridgehead atoms. The molecule has 0 radical (unpaired) electrons. The maximum atomic E-state index is 13.5. The molecule has 1 aliphatic rings. The molecule has 1 saturated heterocycles. The van der Waals surface area contributed by atoms with Crippen molar-refractivity contribution in [2.45, 2.75) is 19.4 Å². The van der Waals surface area contributed by atoms with Crippen molar-refractivity contribution in [3.05, 3.63) is 23.8 Å². The monoisotopic (exact) mass is 358 g/mol. The molecular formula is C14H22Cl2F2N2O2. The number of nitrogens with one attached hydrogen (secondary N) is 1. The molecule has 1 fully saturated rings. The second-order valence-corrected chi connectivity index (χ2v) is 4.69. The third kappa shape index (κ3) is 4.84. The van der Waals surface area contributed by atoms with Crippen LogP contribution in [0.25, 0.3) is 0 Å². The van der Waals surface area contributed by atoms with Gasteiger partial charge in [-0.15, -0.1) is 24.8 Å². The van der Waals surface area contributed by atoms with Crippen LogP contribution in [0.4, 0.5) is 8.78 Å². The number of hydrogen-bond donors (Lipinski definition) is 2. The molecule has 0 spiro atoms. The molecule has 2 N–H and O–H groups in total. The molecule has 1 aromatic rings. The highest BCUT2D eigenvalue weighted by Crippen LogP contribution is 2.38. The van der Waals surface area contributed by atoms with Crippen molar-refractivity contribution in [1.82, 2.24) is 10.2 Å². The van der Waals surface area contributed by atoms with E-state index in [1.165, 1.54) is 6.07 Å². The highest BCUT2D eigenvalue weighted by atomic mass is 35.5. The Hall–Kier alpha value is -0.820. The molecule has 8 heteroatoms. The van der Waals surface area contributed by atoms with E-state index >= 15 is 0 Å². The quantitative estimate of drug-likeness (QED) is 0.849. The molecule has 2 rings (SSSR count). The van der Waals surface area contributed by atoms with Gasteiger partial charge in [-0.05, 0) is 13.0 Å². The van der Waals surface area contributed by atoms with E-state index in [0.29, 0.717) is 32.8 Å². The lowest BCUT2D eigenvalue weighted by Gasteiger charge is -2.35. The lowest BCUT2D eigenvalue weighted by Crippen LogP contribution is -2.46. The first-order valence-electron chi connectivity index (χ1n) is 6.82. The largest absolute Gasteiger partial charge is 0.504 e. The first kappa shape index (κ1) is 21.2. The first-order chi connectivity index (χ1) is 9.65. The molecule has 128 valence electrons. The summed E-state index contributed by atoms with van der Waals surface area (Å²) in [5, 5.41) is 13.3. The van der Waals surface area contributed by atoms with Gasteiger partial charge in [0.2, 0.25) is 0 Å². The minimum Gasteiger partial charge on any atom is -0.504 e. The van der Waals surface area contributed by atoms with Crippen LogP contribution in [-0.2, 0) is 0 Å². The smallest absolute Gasteiger partial charge is 0.258 e. The Morgan fingerprint density at radius 3 is 2.45 bits per heavy atom. The fourth-order valence-corrected chi connectivity index (χ4v) is 2.50. The molecule has 0 saturated carbocycles. The van der Waals surface area contributed by atoms with Gasteiger partial charge in [0.15, 0.2) is 11.5 Å². The highest BCUT2D eigenvalue weighted by molar-refractivity contribution is 5.85. The zero-order valence-corrected chi connectivity index (χ0v) is 13.9. The highest BCUT2D eigenvalue weighted by Gasteiger charge is 2.32. The van der Waals surface area contributed by atoms with E-state index in [4.69, 9.17) is 4.74 Å². The second-order valence-electron chi connectivity index (χ2n) is 4.69. The number of halogens is 4. The summed E-state index contributed by atoms with van der Waals surface area (Å²) in [6.45, 7) is 4.59. The van der Waals surface area contributed by atoms with Crippen LogP contribution < -0.4 is 10.1 Å². The van der Waals surface area contributed by atoms with E-state index in [9.17, 15) is 13.9 Å². The Morgan fingerprint density at radius 2 is 1.91 bits per heavy atom. The SMILES string of the molecule is CCOc1cccc([C@H](C(F)F)N2CCNCC2)c1O.Cl.Cl. The van der Waals surface area contributed by atoms with Gasteiger partial charge in [-0.3, -0.25) is 4.90 Å². The van der Waals surface area contributed by atoms with Crippen molar-refractivity contribution < 1.29 is 18.6 Å². The van der Waals surface area contributed by atoms with E-state index in [1.807, 2.05) is 0 Å². The normalized spacial score (nSPS) is 16.5. The number of phenolic OH excluding ortho intramolecular Hbond substituents is 1. The van der Waals surface area contributed by atoms with Crippen LogP contribution in [0.1, 0.15) is 18.5 Å². The Kier molecular flexibility index (Phi) is 9.67. The standard InChI is InChI=1S/C14H20F2N2O2.2ClH/c1-2-20-11-5-3-4-10(13(11)19)12(14(15)16)18-8-6-17-7-9-18;;/h3-5,12,14,17,19H,2,6-9H2,1H3;2*1H/t12-;;/m1../s1. The summed E-state index contributed by atoms with van der Waals surface area (Å²) < 4.78 is 32.2. The minimum atomic E-state index is -2.56. The first-order valence-corrected chi connectivity index (χ1v) is 6.82. The van der Waals surface area contributed by atoms with Gasteiger partial charge >= 0.3 is 0 Å². The van der Waals surface area contributed by atoms with Crippen LogP contribution in [0.15, 0.2) is 18.2 Å². The van der Waals surface area contributed by atoms with Gasteiger partial charge in [-0.2, -0.15) is 0 Å². The number of hydrogen-bond acceptors (Lipinski definition) is 4. The minimum absolute atomic E-state index is 0. The maximum absolute atomic E-state index is 13.5. The molecule has 1 atom stereocenters. The van der Waals surface area contributed by atoms with E-state index in [2.05, 4.69) is 5.32 Å². The molecule has 4 nitrogen and oxygen atoms in total. The van der Waals surface area contributed by atoms with Crippen molar-refractivity contribution in [2.75, 3.05) is 32.8 Å². The Labute approximate surface area is 141 Å². The number of alkyl halides is 2. The van der Waals surface area contributed by atoms with Crippen molar-refractivity contribution in [1.29, 1.82) is 0 Å². The summed E-state index contributed by atoms with van der Waals surface area (Å²) in [7, 11) is 0. The third-order valence-electron chi connectivity index (χ3n) is 3.43. The molecule has 0 aliphatic carbocycles. The topological polar surface area (TPSA) is 44.7 Å². The molecular weight excluding hydrogens is 337 g/mol. The van der Waals surface area contributed by atoms with E-state index in [1.54, 1.807) is 24.0 Å². The van der Waals surface area contributed by atoms with Gasteiger partial charge in [0.25, 0.3) is 6.43 Å². The molecule has 1 aromatic carbocycles. The number of aromatic hydroxyl groups is 1. The van der Waals surface area contributed by atoms with Gasteiger partial charge in [0.05, 0.1) is 6.61 Å². The summed E-state index contributed by atoms with van der Waals surface area (Å²) in [6.07, 6.45) is -2.56. The summed E-state index contributed by atoms with van der Waals surface area (Å²) >= 11 is 0. The fourth-order valence-electron chi connectivity index (χ4n) is 2.50.